The van der Waals surface area contributed by atoms with Gasteiger partial charge in [-0.05, 0) is 84.0 Å². The van der Waals surface area contributed by atoms with Gasteiger partial charge in [0.1, 0.15) is 32.3 Å². The zero-order valence-electron chi connectivity index (χ0n) is 34.1. The average molecular weight is 842 g/mol. The summed E-state index contributed by atoms with van der Waals surface area (Å²) in [6.45, 7) is 2.98. The highest BCUT2D eigenvalue weighted by atomic mass is 19.1. The summed E-state index contributed by atoms with van der Waals surface area (Å²) in [6.07, 6.45) is 0.909. The Morgan fingerprint density at radius 2 is 1.73 bits per heavy atom. The number of rotatable bonds is 10. The second kappa shape index (κ2) is 15.2. The Labute approximate surface area is 354 Å². The van der Waals surface area contributed by atoms with Gasteiger partial charge in [-0.3, -0.25) is 14.4 Å². The molecule has 2 atom stereocenters. The lowest BCUT2D eigenvalue weighted by Gasteiger charge is -2.36. The van der Waals surface area contributed by atoms with Gasteiger partial charge in [0, 0.05) is 34.4 Å². The number of esters is 1. The van der Waals surface area contributed by atoms with Crippen LogP contribution in [0.25, 0.3) is 33.4 Å². The Hall–Kier alpha value is -6.45. The summed E-state index contributed by atoms with van der Waals surface area (Å²) in [7, 11) is 0. The molecule has 4 N–H and O–H groups in total. The quantitative estimate of drug-likeness (QED) is 0.108. The van der Waals surface area contributed by atoms with Gasteiger partial charge in [0.15, 0.2) is 5.60 Å². The van der Waals surface area contributed by atoms with E-state index in [1.165, 1.54) is 6.07 Å². The standard InChI is InChI=1S/C47H44FN5O9/c1-3-47(59)34-16-38-42-31(19-53(38)44(56)33(34)21-60-45(47)57)41-36(13-12-26-23(2)35(48)17-37(51-42)40(26)41)52-43(55)24-14-25(15-24)62-22-50-39(54)18-49-46(58)61-20-32-29-10-6-4-8-27(29)28-9-5-7-11-30(28)32/h4-11,16-17,24-25,32,36,59H,3,12-15,18-22H2,1-2H3,(H,49,58)(H,50,54)(H,52,55)/t24?,25?,36-,47-/m0/s1. The van der Waals surface area contributed by atoms with E-state index in [9.17, 15) is 29.1 Å². The number of ether oxygens (including phenoxy) is 3. The maximum absolute atomic E-state index is 15.3. The van der Waals surface area contributed by atoms with Gasteiger partial charge in [-0.2, -0.15) is 0 Å². The third kappa shape index (κ3) is 6.35. The second-order valence-corrected chi connectivity index (χ2v) is 16.8. The van der Waals surface area contributed by atoms with Crippen molar-refractivity contribution >= 4 is 34.8 Å². The number of amides is 3. The highest BCUT2D eigenvalue weighted by Gasteiger charge is 2.46. The fraction of sp³-hybridized carbons (Fsp3) is 0.362. The van der Waals surface area contributed by atoms with Gasteiger partial charge in [-0.15, -0.1) is 0 Å². The number of pyridine rings is 2. The zero-order valence-corrected chi connectivity index (χ0v) is 34.1. The first-order valence-electron chi connectivity index (χ1n) is 21.0. The van der Waals surface area contributed by atoms with Crippen molar-refractivity contribution in [1.82, 2.24) is 25.5 Å². The number of hydrogen-bond acceptors (Lipinski definition) is 10. The number of nitrogens with zero attached hydrogens (tertiary/aromatic N) is 2. The fourth-order valence-corrected chi connectivity index (χ4v) is 10.0. The van der Waals surface area contributed by atoms with E-state index in [0.29, 0.717) is 48.2 Å². The number of nitrogens with one attached hydrogen (secondary N) is 3. The first-order valence-corrected chi connectivity index (χ1v) is 21.0. The normalized spacial score (nSPS) is 21.4. The van der Waals surface area contributed by atoms with Crippen LogP contribution in [0.2, 0.25) is 0 Å². The lowest BCUT2D eigenvalue weighted by Crippen LogP contribution is -2.45. The Balaban J connectivity index is 0.757. The van der Waals surface area contributed by atoms with E-state index < -0.39 is 41.0 Å². The van der Waals surface area contributed by atoms with Gasteiger partial charge in [0.25, 0.3) is 5.56 Å². The molecule has 1 fully saturated rings. The van der Waals surface area contributed by atoms with Crippen LogP contribution in [0, 0.1) is 18.7 Å². The van der Waals surface area contributed by atoms with Crippen LogP contribution >= 0.6 is 0 Å². The SMILES string of the molecule is CC[C@@]1(O)C(=O)OCc2c1cc1n(c2=O)Cc2c-1nc1cc(F)c(C)c3c1c2[C@@H](NC(=O)C1CC(OCNC(=O)CNC(=O)OCC2c4ccccc4-c4ccccc42)C1)CC3. The van der Waals surface area contributed by atoms with Crippen LogP contribution in [0.4, 0.5) is 9.18 Å². The van der Waals surface area contributed by atoms with Gasteiger partial charge >= 0.3 is 12.1 Å². The summed E-state index contributed by atoms with van der Waals surface area (Å²) in [5.74, 6) is -2.29. The van der Waals surface area contributed by atoms with E-state index in [2.05, 4.69) is 28.1 Å². The number of carbonyl (C=O) groups excluding carboxylic acids is 4. The molecule has 10 rings (SSSR count). The lowest BCUT2D eigenvalue weighted by atomic mass is 9.79. The predicted octanol–water partition coefficient (Wildman–Crippen LogP) is 5.04. The number of alkyl carbamates (subject to hydrolysis) is 1. The van der Waals surface area contributed by atoms with Gasteiger partial charge in [-0.1, -0.05) is 55.5 Å². The van der Waals surface area contributed by atoms with Crippen molar-refractivity contribution in [2.45, 2.75) is 82.8 Å². The molecule has 5 aliphatic rings. The Kier molecular flexibility index (Phi) is 9.71. The third-order valence-corrected chi connectivity index (χ3v) is 13.5. The maximum Gasteiger partial charge on any atom is 0.407 e. The van der Waals surface area contributed by atoms with Crippen LogP contribution in [-0.4, -0.2) is 64.5 Å². The summed E-state index contributed by atoms with van der Waals surface area (Å²) in [4.78, 5) is 70.3. The van der Waals surface area contributed by atoms with Gasteiger partial charge in [0.2, 0.25) is 11.8 Å². The number of aromatic nitrogens is 2. The molecular formula is C47H44FN5O9. The molecule has 2 aromatic heterocycles. The van der Waals surface area contributed by atoms with Crippen LogP contribution in [0.15, 0.2) is 65.5 Å². The van der Waals surface area contributed by atoms with Crippen LogP contribution in [0.3, 0.4) is 0 Å². The van der Waals surface area contributed by atoms with Gasteiger partial charge in [-0.25, -0.2) is 19.0 Å². The van der Waals surface area contributed by atoms with Crippen LogP contribution < -0.4 is 21.5 Å². The predicted molar refractivity (Wildman–Crippen MR) is 222 cm³/mol. The minimum Gasteiger partial charge on any atom is -0.458 e. The largest absolute Gasteiger partial charge is 0.458 e. The number of carbonyl (C=O) groups is 4. The molecule has 2 aliphatic heterocycles. The summed E-state index contributed by atoms with van der Waals surface area (Å²) >= 11 is 0. The van der Waals surface area contributed by atoms with Crippen molar-refractivity contribution in [1.29, 1.82) is 0 Å². The third-order valence-electron chi connectivity index (χ3n) is 13.5. The molecule has 3 aliphatic carbocycles. The molecular weight excluding hydrogens is 798 g/mol. The molecule has 3 aromatic carbocycles. The van der Waals surface area contributed by atoms with Crippen LogP contribution in [-0.2, 0) is 53.8 Å². The van der Waals surface area contributed by atoms with Crippen molar-refractivity contribution in [2.24, 2.45) is 5.92 Å². The van der Waals surface area contributed by atoms with Gasteiger partial charge < -0.3 is 39.8 Å². The minimum atomic E-state index is -2.00. The molecule has 3 amide bonds. The number of fused-ring (bicyclic) bond motifs is 8. The summed E-state index contributed by atoms with van der Waals surface area (Å²) in [5, 5.41) is 20.5. The summed E-state index contributed by atoms with van der Waals surface area (Å²) < 4.78 is 33.4. The van der Waals surface area contributed by atoms with Crippen molar-refractivity contribution in [3.8, 4) is 22.5 Å². The highest BCUT2D eigenvalue weighted by Crippen LogP contribution is 2.47. The molecule has 0 unspecified atom stereocenters. The first kappa shape index (κ1) is 39.7. The molecule has 14 nitrogen and oxygen atoms in total. The molecule has 0 bridgehead atoms. The fourth-order valence-electron chi connectivity index (χ4n) is 10.0. The molecule has 4 heterocycles. The zero-order chi connectivity index (χ0) is 43.0. The van der Waals surface area contributed by atoms with Gasteiger partial charge in [0.05, 0.1) is 41.2 Å². The number of benzene rings is 3. The molecule has 1 saturated carbocycles. The van der Waals surface area contributed by atoms with Crippen molar-refractivity contribution in [3.05, 3.63) is 121 Å². The lowest BCUT2D eigenvalue weighted by molar-refractivity contribution is -0.172. The van der Waals surface area contributed by atoms with E-state index in [1.807, 2.05) is 36.4 Å². The van der Waals surface area contributed by atoms with Crippen LogP contribution in [0.1, 0.15) is 89.1 Å². The van der Waals surface area contributed by atoms with E-state index >= 15 is 4.39 Å². The second-order valence-electron chi connectivity index (χ2n) is 16.8. The molecule has 62 heavy (non-hydrogen) atoms. The Morgan fingerprint density at radius 3 is 2.45 bits per heavy atom. The topological polar surface area (TPSA) is 187 Å². The van der Waals surface area contributed by atoms with Crippen LogP contribution in [0.5, 0.6) is 0 Å². The molecule has 5 aromatic rings. The number of hydrogen-bond donors (Lipinski definition) is 4. The minimum absolute atomic E-state index is 0.00215. The molecule has 0 saturated heterocycles. The number of aryl methyl sites for hydroxylation is 1. The molecule has 318 valence electrons. The van der Waals surface area contributed by atoms with Crippen molar-refractivity contribution in [2.75, 3.05) is 19.9 Å². The average Bonchev–Trinajstić information content (AvgIpc) is 3.79. The monoisotopic (exact) mass is 841 g/mol. The number of aliphatic hydroxyl groups is 1. The Bertz CT molecular complexity index is 2770. The highest BCUT2D eigenvalue weighted by molar-refractivity contribution is 5.94. The Morgan fingerprint density at radius 1 is 1.00 bits per heavy atom. The maximum atomic E-state index is 15.3. The summed E-state index contributed by atoms with van der Waals surface area (Å²) in [5.41, 5.74) is 6.45. The number of halogens is 1. The molecule has 0 radical (unpaired) electrons. The number of cyclic esters (lactones) is 1. The van der Waals surface area contributed by atoms with E-state index in [-0.39, 0.29) is 74.4 Å². The molecule has 15 heteroatoms. The summed E-state index contributed by atoms with van der Waals surface area (Å²) in [6, 6.07) is 18.6. The van der Waals surface area contributed by atoms with E-state index in [0.717, 1.165) is 44.3 Å². The molecule has 0 spiro atoms. The smallest absolute Gasteiger partial charge is 0.407 e. The van der Waals surface area contributed by atoms with Crippen molar-refractivity contribution in [3.63, 3.8) is 0 Å². The van der Waals surface area contributed by atoms with E-state index in [4.69, 9.17) is 19.2 Å². The van der Waals surface area contributed by atoms with Crippen molar-refractivity contribution < 1.29 is 42.9 Å². The van der Waals surface area contributed by atoms with E-state index in [1.54, 1.807) is 24.5 Å². The first-order chi connectivity index (χ1) is 29.9.